The third-order valence-electron chi connectivity index (χ3n) is 8.86. The minimum absolute atomic E-state index is 0.626. The summed E-state index contributed by atoms with van der Waals surface area (Å²) in [5.74, 6) is 0. The van der Waals surface area contributed by atoms with Crippen molar-refractivity contribution in [1.82, 2.24) is 14.1 Å². The van der Waals surface area contributed by atoms with Crippen LogP contribution in [0.1, 0.15) is 27.8 Å². The van der Waals surface area contributed by atoms with E-state index in [4.69, 9.17) is 4.98 Å². The van der Waals surface area contributed by atoms with Crippen LogP contribution in [0.2, 0.25) is 0 Å². The number of fused-ring (bicyclic) bond motifs is 6. The predicted molar refractivity (Wildman–Crippen MR) is 182 cm³/mol. The maximum absolute atomic E-state index is 10.4. The average molecular weight is 567 g/mol. The van der Waals surface area contributed by atoms with E-state index in [9.17, 15) is 5.26 Å². The molecule has 0 fully saturated rings. The molecule has 5 aromatic carbocycles. The highest BCUT2D eigenvalue weighted by Crippen LogP contribution is 2.42. The molecule has 0 N–H and O–H groups in total. The molecule has 3 heterocycles. The van der Waals surface area contributed by atoms with Crippen LogP contribution in [0.5, 0.6) is 0 Å². The Bertz CT molecular complexity index is 2240. The van der Waals surface area contributed by atoms with Gasteiger partial charge in [0.25, 0.3) is 0 Å². The van der Waals surface area contributed by atoms with Crippen molar-refractivity contribution >= 4 is 43.6 Å². The quantitative estimate of drug-likeness (QED) is 0.214. The van der Waals surface area contributed by atoms with Crippen LogP contribution in [0.3, 0.4) is 0 Å². The van der Waals surface area contributed by atoms with Gasteiger partial charge in [0.05, 0.1) is 57.5 Å². The van der Waals surface area contributed by atoms with Gasteiger partial charge in [0.2, 0.25) is 0 Å². The molecule has 0 amide bonds. The maximum Gasteiger partial charge on any atom is 0.0998 e. The van der Waals surface area contributed by atoms with E-state index in [0.717, 1.165) is 44.6 Å². The number of benzene rings is 5. The monoisotopic (exact) mass is 566 g/mol. The second kappa shape index (κ2) is 9.69. The predicted octanol–water partition coefficient (Wildman–Crippen LogP) is 10.0. The highest BCUT2D eigenvalue weighted by atomic mass is 15.0. The van der Waals surface area contributed by atoms with Crippen LogP contribution in [0.25, 0.3) is 66.1 Å². The fraction of sp³-hybridized carbons (Fsp3) is 0.100. The largest absolute Gasteiger partial charge is 0.307 e. The molecule has 4 nitrogen and oxygen atoms in total. The number of aryl methyl sites for hydroxylation is 4. The summed E-state index contributed by atoms with van der Waals surface area (Å²) in [7, 11) is 0. The number of nitrogens with zero attached hydrogens (tertiary/aromatic N) is 4. The summed E-state index contributed by atoms with van der Waals surface area (Å²) in [6.07, 6.45) is 3.90. The normalized spacial score (nSPS) is 11.6. The van der Waals surface area contributed by atoms with E-state index in [1.165, 1.54) is 43.8 Å². The van der Waals surface area contributed by atoms with Crippen molar-refractivity contribution in [2.45, 2.75) is 27.7 Å². The molecule has 0 bridgehead atoms. The Morgan fingerprint density at radius 3 is 1.30 bits per heavy atom. The van der Waals surface area contributed by atoms with Gasteiger partial charge in [-0.3, -0.25) is 4.98 Å². The number of rotatable bonds is 3. The van der Waals surface area contributed by atoms with Gasteiger partial charge in [0.1, 0.15) is 0 Å². The van der Waals surface area contributed by atoms with Gasteiger partial charge in [-0.1, -0.05) is 64.7 Å². The van der Waals surface area contributed by atoms with Crippen LogP contribution < -0.4 is 0 Å². The van der Waals surface area contributed by atoms with Crippen LogP contribution in [-0.2, 0) is 0 Å². The molecule has 4 heteroatoms. The number of pyridine rings is 1. The molecule has 0 aliphatic heterocycles. The molecule has 8 rings (SSSR count). The minimum Gasteiger partial charge on any atom is -0.307 e. The fourth-order valence-electron chi connectivity index (χ4n) is 6.87. The zero-order valence-corrected chi connectivity index (χ0v) is 25.2. The van der Waals surface area contributed by atoms with Crippen molar-refractivity contribution in [3.05, 3.63) is 137 Å². The third-order valence-corrected chi connectivity index (χ3v) is 8.86. The molecule has 0 saturated carbocycles. The van der Waals surface area contributed by atoms with Gasteiger partial charge in [-0.15, -0.1) is 0 Å². The van der Waals surface area contributed by atoms with Crippen LogP contribution in [0, 0.1) is 39.0 Å². The van der Waals surface area contributed by atoms with E-state index in [1.807, 2.05) is 30.6 Å². The molecule has 44 heavy (non-hydrogen) atoms. The van der Waals surface area contributed by atoms with Crippen LogP contribution in [0.4, 0.5) is 0 Å². The van der Waals surface area contributed by atoms with Gasteiger partial charge in [-0.2, -0.15) is 5.26 Å². The molecule has 0 saturated heterocycles. The molecular weight excluding hydrogens is 536 g/mol. The smallest absolute Gasteiger partial charge is 0.0998 e. The van der Waals surface area contributed by atoms with Crippen molar-refractivity contribution in [3.8, 4) is 28.6 Å². The molecule has 0 radical (unpaired) electrons. The number of aromatic nitrogens is 3. The second-order valence-electron chi connectivity index (χ2n) is 12.0. The first-order valence-corrected chi connectivity index (χ1v) is 14.9. The topological polar surface area (TPSA) is 46.5 Å². The standard InChI is InChI=1S/C40H30N4/c1-24-9-13-34-30(17-24)31-18-25(2)10-14-35(31)43(34)38-22-42-23-39(40(38)29-8-6-5-7-28(29)21-41)44-36-15-11-26(3)19-32(36)33-20-27(4)12-16-37(33)44/h5-20,22-23H,1-4H3. The lowest BCUT2D eigenvalue weighted by molar-refractivity contribution is 1.09. The van der Waals surface area contributed by atoms with Crippen LogP contribution in [0.15, 0.2) is 109 Å². The molecule has 0 atom stereocenters. The summed E-state index contributed by atoms with van der Waals surface area (Å²) >= 11 is 0. The SMILES string of the molecule is Cc1ccc2c(c1)c1cc(C)ccc1n2-c1cncc(-n2c3ccc(C)cc3c3cc(C)ccc32)c1-c1ccccc1C#N. The zero-order valence-electron chi connectivity index (χ0n) is 25.2. The third kappa shape index (κ3) is 3.80. The average Bonchev–Trinajstić information content (AvgIpc) is 3.51. The first-order chi connectivity index (χ1) is 21.4. The molecule has 0 aliphatic rings. The first kappa shape index (κ1) is 26.0. The van der Waals surface area contributed by atoms with E-state index in [2.05, 4.69) is 122 Å². The molecule has 0 spiro atoms. The Kier molecular flexibility index (Phi) is 5.73. The van der Waals surface area contributed by atoms with E-state index in [-0.39, 0.29) is 0 Å². The molecule has 3 aromatic heterocycles. The van der Waals surface area contributed by atoms with Gasteiger partial charge in [0.15, 0.2) is 0 Å². The number of hydrogen-bond acceptors (Lipinski definition) is 2. The Balaban J connectivity index is 1.58. The van der Waals surface area contributed by atoms with Crippen molar-refractivity contribution in [2.24, 2.45) is 0 Å². The van der Waals surface area contributed by atoms with Crippen molar-refractivity contribution in [3.63, 3.8) is 0 Å². The Morgan fingerprint density at radius 1 is 0.523 bits per heavy atom. The van der Waals surface area contributed by atoms with Gasteiger partial charge in [0, 0.05) is 32.7 Å². The second-order valence-corrected chi connectivity index (χ2v) is 12.0. The summed E-state index contributed by atoms with van der Waals surface area (Å²) < 4.78 is 4.65. The summed E-state index contributed by atoms with van der Waals surface area (Å²) in [4.78, 5) is 4.91. The zero-order chi connectivity index (χ0) is 30.1. The van der Waals surface area contributed by atoms with Crippen LogP contribution in [-0.4, -0.2) is 14.1 Å². The van der Waals surface area contributed by atoms with E-state index in [0.29, 0.717) is 5.56 Å². The van der Waals surface area contributed by atoms with Crippen molar-refractivity contribution in [2.75, 3.05) is 0 Å². The molecular formula is C40H30N4. The fourth-order valence-corrected chi connectivity index (χ4v) is 6.87. The van der Waals surface area contributed by atoms with E-state index < -0.39 is 0 Å². The Hall–Kier alpha value is -5.66. The highest BCUT2D eigenvalue weighted by Gasteiger charge is 2.23. The van der Waals surface area contributed by atoms with Crippen LogP contribution >= 0.6 is 0 Å². The first-order valence-electron chi connectivity index (χ1n) is 14.9. The lowest BCUT2D eigenvalue weighted by Crippen LogP contribution is -2.05. The number of nitriles is 1. The highest BCUT2D eigenvalue weighted by molar-refractivity contribution is 6.12. The molecule has 8 aromatic rings. The molecule has 0 unspecified atom stereocenters. The van der Waals surface area contributed by atoms with Gasteiger partial charge in [-0.25, -0.2) is 0 Å². The van der Waals surface area contributed by atoms with Gasteiger partial charge >= 0.3 is 0 Å². The van der Waals surface area contributed by atoms with Gasteiger partial charge in [-0.05, 0) is 82.3 Å². The van der Waals surface area contributed by atoms with E-state index >= 15 is 0 Å². The minimum atomic E-state index is 0.626. The summed E-state index contributed by atoms with van der Waals surface area (Å²) in [5, 5.41) is 15.2. The summed E-state index contributed by atoms with van der Waals surface area (Å²) in [6, 6.07) is 37.0. The Labute approximate surface area is 256 Å². The molecule has 210 valence electrons. The Morgan fingerprint density at radius 2 is 0.909 bits per heavy atom. The van der Waals surface area contributed by atoms with E-state index in [1.54, 1.807) is 0 Å². The number of hydrogen-bond donors (Lipinski definition) is 0. The lowest BCUT2D eigenvalue weighted by Gasteiger charge is -2.20. The van der Waals surface area contributed by atoms with Crippen molar-refractivity contribution in [1.29, 1.82) is 5.26 Å². The maximum atomic E-state index is 10.4. The molecule has 0 aliphatic carbocycles. The lowest BCUT2D eigenvalue weighted by atomic mass is 9.97. The summed E-state index contributed by atoms with van der Waals surface area (Å²) in [5.41, 5.74) is 13.7. The van der Waals surface area contributed by atoms with Crippen molar-refractivity contribution < 1.29 is 0 Å². The van der Waals surface area contributed by atoms with Gasteiger partial charge < -0.3 is 9.13 Å². The summed E-state index contributed by atoms with van der Waals surface area (Å²) in [6.45, 7) is 8.56.